The Balaban J connectivity index is 1.33. The average Bonchev–Trinajstić information content (AvgIpc) is 3.54. The lowest BCUT2D eigenvalue weighted by Gasteiger charge is -2.29. The molecule has 2 N–H and O–H groups in total. The fraction of sp³-hybridized carbons (Fsp3) is 0.560. The van der Waals surface area contributed by atoms with Gasteiger partial charge in [0.15, 0.2) is 11.5 Å². The molecule has 31 heavy (non-hydrogen) atoms. The number of carbonyl (C=O) groups excluding carboxylic acids is 1. The maximum atomic E-state index is 13.0. The number of nitrogens with one attached hydrogen (secondary N) is 2. The topological polar surface area (TPSA) is 49.3 Å². The smallest absolute Gasteiger partial charge is 0.218 e. The molecule has 1 aromatic heterocycles. The van der Waals surface area contributed by atoms with Crippen molar-refractivity contribution in [2.24, 2.45) is 0 Å². The molecule has 1 saturated heterocycles. The third kappa shape index (κ3) is 4.65. The first kappa shape index (κ1) is 21.9. The van der Waals surface area contributed by atoms with E-state index in [1.807, 2.05) is 0 Å². The third-order valence-electron chi connectivity index (χ3n) is 7.05. The molecule has 2 aliphatic rings. The average molecular weight is 428 g/mol. The Morgan fingerprint density at radius 3 is 2.19 bits per heavy atom. The van der Waals surface area contributed by atoms with Crippen molar-refractivity contribution in [2.45, 2.75) is 46.2 Å². The number of rotatable bonds is 8. The maximum absolute atomic E-state index is 13.0. The van der Waals surface area contributed by atoms with E-state index in [0.717, 1.165) is 55.5 Å². The Morgan fingerprint density at radius 2 is 1.58 bits per heavy atom. The van der Waals surface area contributed by atoms with Gasteiger partial charge in [-0.15, -0.1) is 0 Å². The normalized spacial score (nSPS) is 21.2. The van der Waals surface area contributed by atoms with Crippen molar-refractivity contribution < 1.29 is 24.1 Å². The monoisotopic (exact) mass is 427 g/mol. The fourth-order valence-electron chi connectivity index (χ4n) is 5.07. The van der Waals surface area contributed by atoms with Crippen LogP contribution in [0.1, 0.15) is 51.8 Å². The molecule has 6 nitrogen and oxygen atoms in total. The van der Waals surface area contributed by atoms with Crippen molar-refractivity contribution in [3.05, 3.63) is 46.3 Å². The summed E-state index contributed by atoms with van der Waals surface area (Å²) in [6.07, 6.45) is 2.50. The first-order valence-electron chi connectivity index (χ1n) is 11.5. The van der Waals surface area contributed by atoms with Crippen LogP contribution in [0.2, 0.25) is 0 Å². The quantitative estimate of drug-likeness (QED) is 0.617. The lowest BCUT2D eigenvalue weighted by Crippen LogP contribution is -3.27. The van der Waals surface area contributed by atoms with Crippen molar-refractivity contribution in [1.29, 1.82) is 0 Å². The molecular weight excluding hydrogens is 390 g/mol. The first-order valence-corrected chi connectivity index (χ1v) is 11.5. The number of aryl methyl sites for hydroxylation is 2. The van der Waals surface area contributed by atoms with Crippen LogP contribution in [-0.2, 0) is 6.54 Å². The van der Waals surface area contributed by atoms with Crippen molar-refractivity contribution in [2.75, 3.05) is 46.9 Å². The molecule has 0 atom stereocenters. The Morgan fingerprint density at radius 1 is 0.968 bits per heavy atom. The highest BCUT2D eigenvalue weighted by Gasteiger charge is 2.30. The lowest BCUT2D eigenvalue weighted by atomic mass is 10.1. The van der Waals surface area contributed by atoms with Gasteiger partial charge in [0.2, 0.25) is 5.78 Å². The van der Waals surface area contributed by atoms with E-state index in [1.165, 1.54) is 34.6 Å². The van der Waals surface area contributed by atoms with Gasteiger partial charge in [-0.2, -0.15) is 0 Å². The number of benzene rings is 1. The Hall–Kier alpha value is -2.31. The van der Waals surface area contributed by atoms with Crippen molar-refractivity contribution >= 4 is 5.78 Å². The highest BCUT2D eigenvalue weighted by atomic mass is 16.5. The number of Topliss-reactive ketones (excluding diaryl/α,β-unsaturated/α-hetero) is 1. The van der Waals surface area contributed by atoms with E-state index in [1.54, 1.807) is 19.1 Å². The highest BCUT2D eigenvalue weighted by molar-refractivity contribution is 5.98. The molecule has 4 rings (SSSR count). The van der Waals surface area contributed by atoms with Crippen LogP contribution in [0.25, 0.3) is 0 Å². The Bertz CT molecular complexity index is 953. The zero-order valence-electron chi connectivity index (χ0n) is 19.6. The van der Waals surface area contributed by atoms with Gasteiger partial charge < -0.3 is 23.8 Å². The zero-order chi connectivity index (χ0) is 22.1. The van der Waals surface area contributed by atoms with Crippen LogP contribution >= 0.6 is 0 Å². The van der Waals surface area contributed by atoms with Crippen LogP contribution in [0.4, 0.5) is 0 Å². The number of hydrogen-bond acceptors (Lipinski definition) is 3. The van der Waals surface area contributed by atoms with E-state index >= 15 is 0 Å². The van der Waals surface area contributed by atoms with E-state index in [-0.39, 0.29) is 0 Å². The van der Waals surface area contributed by atoms with Gasteiger partial charge in [0.05, 0.1) is 14.2 Å². The Labute approximate surface area is 185 Å². The predicted octanol–water partition coefficient (Wildman–Crippen LogP) is 0.932. The van der Waals surface area contributed by atoms with E-state index in [0.29, 0.717) is 18.4 Å². The molecular formula is C25H37N3O3+2. The predicted molar refractivity (Wildman–Crippen MR) is 121 cm³/mol. The molecule has 1 saturated carbocycles. The third-order valence-corrected chi connectivity index (χ3v) is 7.05. The summed E-state index contributed by atoms with van der Waals surface area (Å²) in [5, 5.41) is 0. The van der Waals surface area contributed by atoms with Crippen LogP contribution < -0.4 is 19.3 Å². The van der Waals surface area contributed by atoms with E-state index in [2.05, 4.69) is 43.5 Å². The van der Waals surface area contributed by atoms with Crippen LogP contribution in [0.3, 0.4) is 0 Å². The summed E-state index contributed by atoms with van der Waals surface area (Å²) in [5.74, 6) is 1.88. The molecule has 6 heteroatoms. The second kappa shape index (κ2) is 9.05. The molecule has 1 aliphatic carbocycles. The summed E-state index contributed by atoms with van der Waals surface area (Å²) >= 11 is 0. The minimum atomic E-state index is 0.300. The lowest BCUT2D eigenvalue weighted by molar-refractivity contribution is -1.01. The van der Waals surface area contributed by atoms with E-state index in [9.17, 15) is 4.79 Å². The molecule has 2 aromatic rings. The largest absolute Gasteiger partial charge is 0.493 e. The van der Waals surface area contributed by atoms with Crippen molar-refractivity contribution in [1.82, 2.24) is 4.57 Å². The van der Waals surface area contributed by atoms with Gasteiger partial charge in [0, 0.05) is 28.6 Å². The van der Waals surface area contributed by atoms with Crippen LogP contribution in [0.15, 0.2) is 18.2 Å². The second-order valence-corrected chi connectivity index (χ2v) is 9.30. The van der Waals surface area contributed by atoms with Crippen LogP contribution in [-0.4, -0.2) is 57.3 Å². The van der Waals surface area contributed by atoms with Gasteiger partial charge in [-0.25, -0.2) is 0 Å². The maximum Gasteiger partial charge on any atom is 0.218 e. The van der Waals surface area contributed by atoms with Crippen molar-refractivity contribution in [3.8, 4) is 11.5 Å². The molecule has 0 radical (unpaired) electrons. The molecule has 0 unspecified atom stereocenters. The molecule has 2 heterocycles. The summed E-state index contributed by atoms with van der Waals surface area (Å²) in [5.41, 5.74) is 5.88. The number of methoxy groups -OCH3 is 2. The summed E-state index contributed by atoms with van der Waals surface area (Å²) < 4.78 is 13.3. The summed E-state index contributed by atoms with van der Waals surface area (Å²) in [6.45, 7) is 12.2. The van der Waals surface area contributed by atoms with Gasteiger partial charge in [-0.3, -0.25) is 4.79 Å². The number of nitrogens with zero attached hydrogens (tertiary/aromatic N) is 1. The van der Waals surface area contributed by atoms with Gasteiger partial charge in [-0.1, -0.05) is 0 Å². The van der Waals surface area contributed by atoms with Crippen LogP contribution in [0.5, 0.6) is 11.5 Å². The molecule has 168 valence electrons. The fourth-order valence-corrected chi connectivity index (χ4v) is 5.07. The van der Waals surface area contributed by atoms with Gasteiger partial charge in [0.1, 0.15) is 39.3 Å². The number of quaternary nitrogens is 2. The van der Waals surface area contributed by atoms with Crippen molar-refractivity contribution in [3.63, 3.8) is 0 Å². The van der Waals surface area contributed by atoms with Gasteiger partial charge in [-0.05, 0) is 57.4 Å². The number of piperazine rings is 1. The Kier molecular flexibility index (Phi) is 6.39. The highest BCUT2D eigenvalue weighted by Crippen LogP contribution is 2.38. The van der Waals surface area contributed by atoms with Gasteiger partial charge >= 0.3 is 0 Å². The summed E-state index contributed by atoms with van der Waals surface area (Å²) in [4.78, 5) is 16.0. The molecule has 0 amide bonds. The molecule has 2 fully saturated rings. The number of hydrogen-bond donors (Lipinski definition) is 2. The second-order valence-electron chi connectivity index (χ2n) is 9.30. The van der Waals surface area contributed by atoms with E-state index < -0.39 is 0 Å². The van der Waals surface area contributed by atoms with Gasteiger partial charge in [0.25, 0.3) is 0 Å². The van der Waals surface area contributed by atoms with E-state index in [4.69, 9.17) is 9.47 Å². The SMILES string of the molecule is COc1cc(C)c(C[NH+]2CC[NH+](CC(=O)c3cc(C)n(C4CC4)c3C)CC2)cc1OC. The summed E-state index contributed by atoms with van der Waals surface area (Å²) in [7, 11) is 3.36. The summed E-state index contributed by atoms with van der Waals surface area (Å²) in [6, 6.07) is 6.91. The molecule has 0 spiro atoms. The zero-order valence-corrected chi connectivity index (χ0v) is 19.6. The number of aromatic nitrogens is 1. The first-order chi connectivity index (χ1) is 14.9. The number of carbonyl (C=O) groups is 1. The van der Waals surface area contributed by atoms with Crippen LogP contribution in [0, 0.1) is 20.8 Å². The molecule has 0 bridgehead atoms. The molecule has 1 aliphatic heterocycles. The minimum absolute atomic E-state index is 0.300. The minimum Gasteiger partial charge on any atom is -0.493 e. The number of ether oxygens (including phenoxy) is 2. The standard InChI is InChI=1S/C25H35N3O3/c1-17-12-24(30-4)25(31-5)14-20(17)15-26-8-10-27(11-9-26)16-23(29)22-13-18(2)28(19(22)3)21-6-7-21/h12-14,21H,6-11,15-16H2,1-5H3/p+2. The molecule has 1 aromatic carbocycles. The number of ketones is 1.